The van der Waals surface area contributed by atoms with E-state index < -0.39 is 11.8 Å². The minimum Gasteiger partial charge on any atom is -0.493 e. The van der Waals surface area contributed by atoms with Gasteiger partial charge in [-0.2, -0.15) is 9.61 Å². The number of carbonyl (C=O) groups excluding carboxylic acids is 1. The topological polar surface area (TPSA) is 89.6 Å². The minimum absolute atomic E-state index is 0.0963. The largest absolute Gasteiger partial charge is 0.493 e. The fourth-order valence-corrected chi connectivity index (χ4v) is 1.90. The number of esters is 1. The van der Waals surface area contributed by atoms with Crippen molar-refractivity contribution in [3.8, 4) is 17.1 Å². The molecule has 0 saturated heterocycles. The molecular weight excluding hydrogens is 279 g/mol. The van der Waals surface area contributed by atoms with Crippen molar-refractivity contribution < 1.29 is 19.0 Å². The predicted molar refractivity (Wildman–Crippen MR) is 69.2 cm³/mol. The molecule has 0 aliphatic rings. The van der Waals surface area contributed by atoms with Crippen LogP contribution in [0.1, 0.15) is 10.4 Å². The molecule has 0 aliphatic carbocycles. The summed E-state index contributed by atoms with van der Waals surface area (Å²) in [6, 6.07) is 2.52. The number of ether oxygens (including phenoxy) is 1. The van der Waals surface area contributed by atoms with Gasteiger partial charge < -0.3 is 9.84 Å². The number of fused-ring (bicyclic) bond motifs is 1. The van der Waals surface area contributed by atoms with E-state index in [1.807, 2.05) is 0 Å². The molecule has 0 saturated carbocycles. The van der Waals surface area contributed by atoms with Crippen LogP contribution in [0, 0.1) is 5.82 Å². The average molecular weight is 288 g/mol. The summed E-state index contributed by atoms with van der Waals surface area (Å²) in [5.41, 5.74) is 0.836. The quantitative estimate of drug-likeness (QED) is 0.717. The number of hydrogen-bond acceptors (Lipinski definition) is 6. The van der Waals surface area contributed by atoms with Crippen molar-refractivity contribution in [2.45, 2.75) is 0 Å². The van der Waals surface area contributed by atoms with E-state index in [2.05, 4.69) is 19.8 Å². The first-order chi connectivity index (χ1) is 10.1. The van der Waals surface area contributed by atoms with E-state index in [-0.39, 0.29) is 22.8 Å². The van der Waals surface area contributed by atoms with Crippen molar-refractivity contribution in [2.75, 3.05) is 7.11 Å². The maximum atomic E-state index is 13.2. The summed E-state index contributed by atoms with van der Waals surface area (Å²) in [5, 5.41) is 13.8. The highest BCUT2D eigenvalue weighted by Gasteiger charge is 2.18. The Bertz CT molecular complexity index is 847. The van der Waals surface area contributed by atoms with Gasteiger partial charge in [0.25, 0.3) is 0 Å². The molecule has 3 aromatic heterocycles. The van der Waals surface area contributed by atoms with E-state index in [1.54, 1.807) is 0 Å². The van der Waals surface area contributed by atoms with Crippen LogP contribution in [0.2, 0.25) is 0 Å². The van der Waals surface area contributed by atoms with Crippen LogP contribution in [-0.2, 0) is 4.74 Å². The second-order valence-electron chi connectivity index (χ2n) is 4.18. The molecule has 0 unspecified atom stereocenters. The Morgan fingerprint density at radius 2 is 2.14 bits per heavy atom. The normalized spacial score (nSPS) is 10.8. The fraction of sp³-hybridized carbons (Fsp3) is 0.0769. The first kappa shape index (κ1) is 13.0. The number of pyridine rings is 1. The summed E-state index contributed by atoms with van der Waals surface area (Å²) < 4.78 is 18.9. The summed E-state index contributed by atoms with van der Waals surface area (Å²) in [7, 11) is 1.23. The number of aromatic nitrogens is 4. The lowest BCUT2D eigenvalue weighted by Crippen LogP contribution is -2.02. The molecule has 21 heavy (non-hydrogen) atoms. The van der Waals surface area contributed by atoms with Crippen LogP contribution in [0.15, 0.2) is 30.7 Å². The molecule has 0 fully saturated rings. The number of methoxy groups -OCH3 is 1. The van der Waals surface area contributed by atoms with E-state index in [9.17, 15) is 14.3 Å². The van der Waals surface area contributed by atoms with Crippen LogP contribution in [0.25, 0.3) is 16.9 Å². The Morgan fingerprint density at radius 1 is 1.33 bits per heavy atom. The summed E-state index contributed by atoms with van der Waals surface area (Å²) in [6.07, 6.45) is 3.69. The SMILES string of the molecule is COC(=O)c1cnn2c(O)cc(-c3cncc(F)c3)nc12. The van der Waals surface area contributed by atoms with Gasteiger partial charge in [0.1, 0.15) is 11.4 Å². The number of carbonyl (C=O) groups is 1. The molecule has 8 heteroatoms. The molecule has 0 atom stereocenters. The third kappa shape index (κ3) is 2.16. The van der Waals surface area contributed by atoms with Gasteiger partial charge in [0.2, 0.25) is 5.88 Å². The smallest absolute Gasteiger partial charge is 0.343 e. The molecule has 7 nitrogen and oxygen atoms in total. The monoisotopic (exact) mass is 288 g/mol. The maximum Gasteiger partial charge on any atom is 0.343 e. The highest BCUT2D eigenvalue weighted by atomic mass is 19.1. The molecule has 0 bridgehead atoms. The highest BCUT2D eigenvalue weighted by Crippen LogP contribution is 2.24. The van der Waals surface area contributed by atoms with Crippen molar-refractivity contribution in [3.63, 3.8) is 0 Å². The van der Waals surface area contributed by atoms with Gasteiger partial charge in [-0.1, -0.05) is 0 Å². The lowest BCUT2D eigenvalue weighted by molar-refractivity contribution is 0.0602. The Morgan fingerprint density at radius 3 is 2.86 bits per heavy atom. The maximum absolute atomic E-state index is 13.2. The van der Waals surface area contributed by atoms with Crippen LogP contribution in [0.4, 0.5) is 4.39 Å². The van der Waals surface area contributed by atoms with Gasteiger partial charge in [-0.25, -0.2) is 14.2 Å². The standard InChI is InChI=1S/C13H9FN4O3/c1-21-13(20)9-6-16-18-11(19)3-10(17-12(9)18)7-2-8(14)5-15-4-7/h2-6,19H,1H3. The predicted octanol–water partition coefficient (Wildman–Crippen LogP) is 1.42. The highest BCUT2D eigenvalue weighted by molar-refractivity contribution is 5.95. The van der Waals surface area contributed by atoms with Crippen molar-refractivity contribution in [1.82, 2.24) is 19.6 Å². The number of aromatic hydroxyl groups is 1. The van der Waals surface area contributed by atoms with Crippen LogP contribution in [-0.4, -0.2) is 37.8 Å². The second-order valence-corrected chi connectivity index (χ2v) is 4.18. The van der Waals surface area contributed by atoms with Crippen molar-refractivity contribution in [2.24, 2.45) is 0 Å². The average Bonchev–Trinajstić information content (AvgIpc) is 2.91. The van der Waals surface area contributed by atoms with Crippen LogP contribution in [0.3, 0.4) is 0 Å². The van der Waals surface area contributed by atoms with Gasteiger partial charge in [0.05, 0.1) is 25.2 Å². The Labute approximate surface area is 117 Å². The third-order valence-electron chi connectivity index (χ3n) is 2.86. The summed E-state index contributed by atoms with van der Waals surface area (Å²) in [4.78, 5) is 19.6. The molecule has 0 aromatic carbocycles. The molecule has 0 spiro atoms. The van der Waals surface area contributed by atoms with E-state index in [1.165, 1.54) is 31.6 Å². The van der Waals surface area contributed by atoms with Crippen LogP contribution >= 0.6 is 0 Å². The van der Waals surface area contributed by atoms with Gasteiger partial charge in [0.15, 0.2) is 5.65 Å². The van der Waals surface area contributed by atoms with Gasteiger partial charge in [0, 0.05) is 17.8 Å². The Hall–Kier alpha value is -3.03. The first-order valence-corrected chi connectivity index (χ1v) is 5.87. The minimum atomic E-state index is -0.633. The summed E-state index contributed by atoms with van der Waals surface area (Å²) in [6.45, 7) is 0. The lowest BCUT2D eigenvalue weighted by atomic mass is 10.2. The first-order valence-electron chi connectivity index (χ1n) is 5.87. The van der Waals surface area contributed by atoms with Crippen LogP contribution in [0.5, 0.6) is 5.88 Å². The van der Waals surface area contributed by atoms with E-state index in [4.69, 9.17) is 0 Å². The molecule has 1 N–H and O–H groups in total. The zero-order chi connectivity index (χ0) is 15.0. The third-order valence-corrected chi connectivity index (χ3v) is 2.86. The Balaban J connectivity index is 2.24. The lowest BCUT2D eigenvalue weighted by Gasteiger charge is -2.04. The molecular formula is C13H9FN4O3. The summed E-state index contributed by atoms with van der Waals surface area (Å²) >= 11 is 0. The molecule has 3 aromatic rings. The van der Waals surface area contributed by atoms with Gasteiger partial charge in [-0.15, -0.1) is 0 Å². The molecule has 0 radical (unpaired) electrons. The molecule has 3 heterocycles. The number of nitrogens with zero attached hydrogens (tertiary/aromatic N) is 4. The zero-order valence-electron chi connectivity index (χ0n) is 10.8. The van der Waals surface area contributed by atoms with Crippen LogP contribution < -0.4 is 0 Å². The van der Waals surface area contributed by atoms with Gasteiger partial charge in [-0.3, -0.25) is 4.98 Å². The fourth-order valence-electron chi connectivity index (χ4n) is 1.90. The number of halogens is 1. The van der Waals surface area contributed by atoms with Gasteiger partial charge in [-0.05, 0) is 6.07 Å². The van der Waals surface area contributed by atoms with E-state index in [0.29, 0.717) is 5.56 Å². The van der Waals surface area contributed by atoms with E-state index in [0.717, 1.165) is 10.7 Å². The molecule has 0 aliphatic heterocycles. The van der Waals surface area contributed by atoms with Crippen molar-refractivity contribution in [1.29, 1.82) is 0 Å². The molecule has 106 valence electrons. The molecule has 0 amide bonds. The number of hydrogen-bond donors (Lipinski definition) is 1. The van der Waals surface area contributed by atoms with Gasteiger partial charge >= 0.3 is 5.97 Å². The summed E-state index contributed by atoms with van der Waals surface area (Å²) in [5.74, 6) is -1.41. The van der Waals surface area contributed by atoms with Crippen molar-refractivity contribution >= 4 is 11.6 Å². The Kier molecular flexibility index (Phi) is 2.98. The second kappa shape index (κ2) is 4.82. The van der Waals surface area contributed by atoms with Crippen molar-refractivity contribution in [3.05, 3.63) is 42.1 Å². The number of rotatable bonds is 2. The zero-order valence-corrected chi connectivity index (χ0v) is 10.8. The molecule has 3 rings (SSSR count). The van der Waals surface area contributed by atoms with E-state index >= 15 is 0 Å².